The summed E-state index contributed by atoms with van der Waals surface area (Å²) in [7, 11) is 0. The second-order valence-corrected chi connectivity index (χ2v) is 7.44. The Kier molecular flexibility index (Phi) is 4.91. The van der Waals surface area contributed by atoms with E-state index in [1.54, 1.807) is 20.8 Å². The van der Waals surface area contributed by atoms with Crippen molar-refractivity contribution in [2.24, 2.45) is 0 Å². The lowest BCUT2D eigenvalue weighted by molar-refractivity contribution is -0.137. The quantitative estimate of drug-likeness (QED) is 0.751. The van der Waals surface area contributed by atoms with Crippen molar-refractivity contribution in [1.82, 2.24) is 10.3 Å². The molecular weight excluding hydrogens is 333 g/mol. The molecule has 0 bridgehead atoms. The first kappa shape index (κ1) is 18.0. The van der Waals surface area contributed by atoms with E-state index in [-0.39, 0.29) is 10.6 Å². The van der Waals surface area contributed by atoms with Gasteiger partial charge >= 0.3 is 12.3 Å². The van der Waals surface area contributed by atoms with Crippen molar-refractivity contribution in [3.63, 3.8) is 0 Å². The van der Waals surface area contributed by atoms with Crippen LogP contribution in [0, 0.1) is 0 Å². The van der Waals surface area contributed by atoms with Crippen molar-refractivity contribution in [2.45, 2.75) is 64.0 Å². The zero-order valence-corrected chi connectivity index (χ0v) is 13.8. The number of carbonyl (C=O) groups is 1. The standard InChI is InChI=1S/C14H19F3N2O3S/c1-13(2,3)22-12(21)18-7-5-4-6-8(20)9-10(7)23-11(19-9)14(15,16)17/h7-8,20H,4-6H2,1-3H3,(H,18,21)/t7-,8+/m0/s1. The topological polar surface area (TPSA) is 71.5 Å². The summed E-state index contributed by atoms with van der Waals surface area (Å²) < 4.78 is 43.8. The van der Waals surface area contributed by atoms with Crippen LogP contribution >= 0.6 is 11.3 Å². The normalized spacial score (nSPS) is 22.2. The number of hydrogen-bond donors (Lipinski definition) is 2. The van der Waals surface area contributed by atoms with E-state index in [0.29, 0.717) is 30.6 Å². The molecule has 2 atom stereocenters. The number of nitrogens with zero attached hydrogens (tertiary/aromatic N) is 1. The van der Waals surface area contributed by atoms with Gasteiger partial charge in [-0.15, -0.1) is 11.3 Å². The summed E-state index contributed by atoms with van der Waals surface area (Å²) in [6.45, 7) is 5.09. The van der Waals surface area contributed by atoms with Crippen molar-refractivity contribution in [3.05, 3.63) is 15.6 Å². The molecule has 2 rings (SSSR count). The summed E-state index contributed by atoms with van der Waals surface area (Å²) in [4.78, 5) is 15.7. The molecule has 1 aromatic heterocycles. The minimum atomic E-state index is -4.58. The van der Waals surface area contributed by atoms with Gasteiger partial charge in [-0.1, -0.05) is 0 Å². The van der Waals surface area contributed by atoms with Crippen LogP contribution in [-0.4, -0.2) is 21.8 Å². The van der Waals surface area contributed by atoms with Crippen LogP contribution in [0.3, 0.4) is 0 Å². The molecule has 1 heterocycles. The Hall–Kier alpha value is -1.35. The maximum absolute atomic E-state index is 12.9. The molecular formula is C14H19F3N2O3S. The highest BCUT2D eigenvalue weighted by molar-refractivity contribution is 7.12. The number of aliphatic hydroxyl groups excluding tert-OH is 1. The molecule has 0 spiro atoms. The van der Waals surface area contributed by atoms with E-state index in [1.165, 1.54) is 0 Å². The largest absolute Gasteiger partial charge is 0.444 e. The summed E-state index contributed by atoms with van der Waals surface area (Å²) in [5.74, 6) is 0. The zero-order chi connectivity index (χ0) is 17.4. The van der Waals surface area contributed by atoms with Crippen molar-refractivity contribution in [3.8, 4) is 0 Å². The lowest BCUT2D eigenvalue weighted by Gasteiger charge is -2.22. The van der Waals surface area contributed by atoms with E-state index in [1.807, 2.05) is 0 Å². The van der Waals surface area contributed by atoms with Crippen LogP contribution < -0.4 is 5.32 Å². The number of hydrogen-bond acceptors (Lipinski definition) is 5. The number of aromatic nitrogens is 1. The van der Waals surface area contributed by atoms with Crippen LogP contribution in [-0.2, 0) is 10.9 Å². The van der Waals surface area contributed by atoms with Crippen LogP contribution in [0.4, 0.5) is 18.0 Å². The summed E-state index contributed by atoms with van der Waals surface area (Å²) >= 11 is 0.461. The van der Waals surface area contributed by atoms with Gasteiger partial charge in [0, 0.05) is 0 Å². The molecule has 0 aromatic carbocycles. The van der Waals surface area contributed by atoms with E-state index in [2.05, 4.69) is 10.3 Å². The van der Waals surface area contributed by atoms with Crippen molar-refractivity contribution in [2.75, 3.05) is 0 Å². The predicted molar refractivity (Wildman–Crippen MR) is 78.0 cm³/mol. The Morgan fingerprint density at radius 2 is 2.00 bits per heavy atom. The predicted octanol–water partition coefficient (Wildman–Crippen LogP) is 3.95. The molecule has 1 aliphatic carbocycles. The monoisotopic (exact) mass is 352 g/mol. The molecule has 1 aromatic rings. The third-order valence-electron chi connectivity index (χ3n) is 3.22. The number of alkyl carbamates (subject to hydrolysis) is 1. The molecule has 1 aliphatic rings. The van der Waals surface area contributed by atoms with E-state index in [0.717, 1.165) is 0 Å². The van der Waals surface area contributed by atoms with Gasteiger partial charge in [0.05, 0.1) is 22.7 Å². The molecule has 0 aliphatic heterocycles. The second kappa shape index (κ2) is 6.27. The first-order chi connectivity index (χ1) is 10.5. The van der Waals surface area contributed by atoms with Gasteiger partial charge < -0.3 is 15.2 Å². The molecule has 2 N–H and O–H groups in total. The van der Waals surface area contributed by atoms with Crippen molar-refractivity contribution < 1.29 is 27.8 Å². The minimum absolute atomic E-state index is 0.000818. The Balaban J connectivity index is 2.27. The van der Waals surface area contributed by atoms with Gasteiger partial charge in [-0.05, 0) is 40.0 Å². The lowest BCUT2D eigenvalue weighted by atomic mass is 10.1. The van der Waals surface area contributed by atoms with Crippen molar-refractivity contribution in [1.29, 1.82) is 0 Å². The maximum Gasteiger partial charge on any atom is 0.443 e. The number of thiazole rings is 1. The highest BCUT2D eigenvalue weighted by atomic mass is 32.1. The molecule has 0 fully saturated rings. The van der Waals surface area contributed by atoms with Crippen LogP contribution in [0.15, 0.2) is 0 Å². The van der Waals surface area contributed by atoms with Crippen LogP contribution in [0.5, 0.6) is 0 Å². The van der Waals surface area contributed by atoms with E-state index in [4.69, 9.17) is 4.74 Å². The Morgan fingerprint density at radius 1 is 1.35 bits per heavy atom. The fraction of sp³-hybridized carbons (Fsp3) is 0.714. The van der Waals surface area contributed by atoms with Crippen molar-refractivity contribution >= 4 is 17.4 Å². The molecule has 0 radical (unpaired) electrons. The molecule has 9 heteroatoms. The van der Waals surface area contributed by atoms with Crippen LogP contribution in [0.25, 0.3) is 0 Å². The first-order valence-corrected chi connectivity index (χ1v) is 8.04. The molecule has 0 unspecified atom stereocenters. The molecule has 0 saturated carbocycles. The van der Waals surface area contributed by atoms with Crippen LogP contribution in [0.2, 0.25) is 0 Å². The van der Waals surface area contributed by atoms with Gasteiger partial charge in [0.1, 0.15) is 5.60 Å². The fourth-order valence-electron chi connectivity index (χ4n) is 2.32. The highest BCUT2D eigenvalue weighted by Crippen LogP contribution is 2.42. The third-order valence-corrected chi connectivity index (χ3v) is 4.45. The summed E-state index contributed by atoms with van der Waals surface area (Å²) in [5.41, 5.74) is -0.706. The highest BCUT2D eigenvalue weighted by Gasteiger charge is 2.39. The maximum atomic E-state index is 12.9. The number of halogens is 3. The Labute approximate surface area is 135 Å². The van der Waals surface area contributed by atoms with Gasteiger partial charge in [-0.25, -0.2) is 9.78 Å². The number of fused-ring (bicyclic) bond motifs is 1. The third kappa shape index (κ3) is 4.57. The summed E-state index contributed by atoms with van der Waals surface area (Å²) in [5, 5.41) is 11.6. The van der Waals surface area contributed by atoms with Gasteiger partial charge in [0.2, 0.25) is 0 Å². The zero-order valence-electron chi connectivity index (χ0n) is 13.0. The minimum Gasteiger partial charge on any atom is -0.444 e. The van der Waals surface area contributed by atoms with Gasteiger partial charge in [0.25, 0.3) is 0 Å². The second-order valence-electron chi connectivity index (χ2n) is 6.41. The number of aliphatic hydroxyl groups is 1. The molecule has 23 heavy (non-hydrogen) atoms. The molecule has 1 amide bonds. The number of nitrogens with one attached hydrogen (secondary N) is 1. The van der Waals surface area contributed by atoms with E-state index < -0.39 is 35.0 Å². The first-order valence-electron chi connectivity index (χ1n) is 7.23. The number of carbonyl (C=O) groups excluding carboxylic acids is 1. The summed E-state index contributed by atoms with van der Waals surface area (Å²) in [6, 6.07) is -0.648. The molecule has 0 saturated heterocycles. The Bertz CT molecular complexity index is 581. The fourth-order valence-corrected chi connectivity index (χ4v) is 3.40. The Morgan fingerprint density at radius 3 is 2.57 bits per heavy atom. The van der Waals surface area contributed by atoms with Gasteiger partial charge in [-0.2, -0.15) is 13.2 Å². The average Bonchev–Trinajstić information content (AvgIpc) is 2.74. The number of amides is 1. The van der Waals surface area contributed by atoms with Crippen LogP contribution in [0.1, 0.15) is 67.8 Å². The SMILES string of the molecule is CC(C)(C)OC(=O)N[C@H]1CCC[C@@H](O)c2nc(C(F)(F)F)sc21. The molecule has 5 nitrogen and oxygen atoms in total. The van der Waals surface area contributed by atoms with Gasteiger partial charge in [0.15, 0.2) is 5.01 Å². The number of rotatable bonds is 1. The number of alkyl halides is 3. The number of ether oxygens (including phenoxy) is 1. The average molecular weight is 352 g/mol. The van der Waals surface area contributed by atoms with Gasteiger partial charge in [-0.3, -0.25) is 0 Å². The van der Waals surface area contributed by atoms with E-state index in [9.17, 15) is 23.1 Å². The van der Waals surface area contributed by atoms with E-state index >= 15 is 0 Å². The summed E-state index contributed by atoms with van der Waals surface area (Å²) in [6.07, 6.45) is -5.04. The smallest absolute Gasteiger partial charge is 0.443 e. The lowest BCUT2D eigenvalue weighted by Crippen LogP contribution is -2.34. The molecule has 130 valence electrons.